The molecular weight excluding hydrogens is 384 g/mol. The lowest BCUT2D eigenvalue weighted by molar-refractivity contribution is -0.113. The molecule has 144 valence electrons. The molecule has 1 aliphatic heterocycles. The first kappa shape index (κ1) is 18.9. The molecule has 1 aromatic carbocycles. The van der Waals surface area contributed by atoms with Crippen molar-refractivity contribution in [2.45, 2.75) is 6.92 Å². The predicted octanol–water partition coefficient (Wildman–Crippen LogP) is 4.68. The Morgan fingerprint density at radius 1 is 1.03 bits per heavy atom. The van der Waals surface area contributed by atoms with Gasteiger partial charge in [0.05, 0.1) is 22.9 Å². The van der Waals surface area contributed by atoms with Crippen LogP contribution in [0.2, 0.25) is 0 Å². The summed E-state index contributed by atoms with van der Waals surface area (Å²) in [5.74, 6) is 1.14. The number of benzene rings is 1. The van der Waals surface area contributed by atoms with Gasteiger partial charge in [-0.3, -0.25) is 14.7 Å². The molecule has 0 aliphatic carbocycles. The number of aliphatic imine (C=N–C) groups is 1. The van der Waals surface area contributed by atoms with E-state index in [0.717, 1.165) is 5.75 Å². The summed E-state index contributed by atoms with van der Waals surface area (Å²) in [7, 11) is 0. The van der Waals surface area contributed by atoms with Crippen molar-refractivity contribution in [3.05, 3.63) is 83.7 Å². The number of rotatable bonds is 5. The van der Waals surface area contributed by atoms with E-state index in [1.807, 2.05) is 61.5 Å². The number of hydrogen-bond donors (Lipinski definition) is 0. The van der Waals surface area contributed by atoms with E-state index in [4.69, 9.17) is 4.74 Å². The second-order valence-corrected chi connectivity index (χ2v) is 7.02. The maximum Gasteiger partial charge on any atom is 0.271 e. The van der Waals surface area contributed by atoms with Crippen LogP contribution in [-0.4, -0.2) is 27.6 Å². The lowest BCUT2D eigenvalue weighted by atomic mass is 10.2. The summed E-state index contributed by atoms with van der Waals surface area (Å²) in [6, 6.07) is 18.5. The van der Waals surface area contributed by atoms with Gasteiger partial charge in [-0.05, 0) is 73.3 Å². The SMILES string of the molecule is CCOc1ccc(N2C(=O)/C(=C/c3ccccn3)S/C2=N\c2ccccn2)cc1. The number of hydrogen-bond acceptors (Lipinski definition) is 6. The second kappa shape index (κ2) is 8.70. The van der Waals surface area contributed by atoms with Crippen LogP contribution >= 0.6 is 11.8 Å². The predicted molar refractivity (Wildman–Crippen MR) is 116 cm³/mol. The molecule has 3 heterocycles. The number of ether oxygens (including phenoxy) is 1. The third-order valence-corrected chi connectivity index (χ3v) is 5.01. The molecule has 6 nitrogen and oxygen atoms in total. The Bertz CT molecular complexity index is 1050. The number of amides is 1. The van der Waals surface area contributed by atoms with Crippen LogP contribution in [0.5, 0.6) is 5.75 Å². The van der Waals surface area contributed by atoms with Gasteiger partial charge in [-0.25, -0.2) is 9.98 Å². The molecule has 0 radical (unpaired) electrons. The zero-order valence-electron chi connectivity index (χ0n) is 15.7. The fourth-order valence-corrected chi connectivity index (χ4v) is 3.72. The van der Waals surface area contributed by atoms with Gasteiger partial charge >= 0.3 is 0 Å². The number of aromatic nitrogens is 2. The summed E-state index contributed by atoms with van der Waals surface area (Å²) >= 11 is 1.30. The topological polar surface area (TPSA) is 67.7 Å². The molecule has 3 aromatic rings. The lowest BCUT2D eigenvalue weighted by Crippen LogP contribution is -2.28. The van der Waals surface area contributed by atoms with Crippen molar-refractivity contribution in [1.29, 1.82) is 0 Å². The van der Waals surface area contributed by atoms with Crippen molar-refractivity contribution in [1.82, 2.24) is 9.97 Å². The van der Waals surface area contributed by atoms with Gasteiger partial charge in [0.25, 0.3) is 5.91 Å². The Labute approximate surface area is 173 Å². The molecule has 0 bridgehead atoms. The third-order valence-electron chi connectivity index (χ3n) is 4.04. The second-order valence-electron chi connectivity index (χ2n) is 6.02. The molecule has 0 atom stereocenters. The Hall–Kier alpha value is -3.45. The highest BCUT2D eigenvalue weighted by molar-refractivity contribution is 8.19. The standard InChI is InChI=1S/C22H18N4O2S/c1-2-28-18-11-9-17(10-12-18)26-21(27)19(15-16-7-3-5-13-23-16)29-22(26)25-20-8-4-6-14-24-20/h3-15H,2H2,1H3/b19-15-,25-22-. The molecule has 0 unspecified atom stereocenters. The number of carbonyl (C=O) groups is 1. The molecule has 1 fully saturated rings. The van der Waals surface area contributed by atoms with E-state index < -0.39 is 0 Å². The molecule has 0 N–H and O–H groups in total. The molecule has 0 saturated carbocycles. The average Bonchev–Trinajstić information content (AvgIpc) is 3.05. The van der Waals surface area contributed by atoms with E-state index >= 15 is 0 Å². The molecule has 2 aromatic heterocycles. The van der Waals surface area contributed by atoms with Gasteiger partial charge in [-0.1, -0.05) is 12.1 Å². The summed E-state index contributed by atoms with van der Waals surface area (Å²) in [4.78, 5) is 28.5. The van der Waals surface area contributed by atoms with Crippen LogP contribution in [0.3, 0.4) is 0 Å². The van der Waals surface area contributed by atoms with E-state index in [0.29, 0.717) is 33.9 Å². The number of anilines is 1. The highest BCUT2D eigenvalue weighted by atomic mass is 32.2. The monoisotopic (exact) mass is 402 g/mol. The maximum atomic E-state index is 13.2. The van der Waals surface area contributed by atoms with Crippen LogP contribution in [0.25, 0.3) is 6.08 Å². The van der Waals surface area contributed by atoms with Gasteiger partial charge in [0.15, 0.2) is 11.0 Å². The van der Waals surface area contributed by atoms with Crippen LogP contribution in [0, 0.1) is 0 Å². The zero-order chi connectivity index (χ0) is 20.1. The van der Waals surface area contributed by atoms with Gasteiger partial charge in [0, 0.05) is 12.4 Å². The minimum Gasteiger partial charge on any atom is -0.494 e. The van der Waals surface area contributed by atoms with Crippen molar-refractivity contribution >= 4 is 40.4 Å². The summed E-state index contributed by atoms with van der Waals surface area (Å²) in [6.07, 6.45) is 5.14. The summed E-state index contributed by atoms with van der Waals surface area (Å²) in [5.41, 5.74) is 1.43. The van der Waals surface area contributed by atoms with Crippen molar-refractivity contribution in [2.24, 2.45) is 4.99 Å². The van der Waals surface area contributed by atoms with E-state index in [-0.39, 0.29) is 5.91 Å². The molecule has 1 saturated heterocycles. The zero-order valence-corrected chi connectivity index (χ0v) is 16.5. The number of pyridine rings is 2. The largest absolute Gasteiger partial charge is 0.494 e. The van der Waals surface area contributed by atoms with E-state index in [1.165, 1.54) is 11.8 Å². The normalized spacial score (nSPS) is 16.6. The fourth-order valence-electron chi connectivity index (χ4n) is 2.75. The smallest absolute Gasteiger partial charge is 0.271 e. The van der Waals surface area contributed by atoms with E-state index in [1.54, 1.807) is 29.4 Å². The first-order valence-corrected chi connectivity index (χ1v) is 9.94. The number of nitrogens with zero attached hydrogens (tertiary/aromatic N) is 4. The van der Waals surface area contributed by atoms with Crippen molar-refractivity contribution in [2.75, 3.05) is 11.5 Å². The first-order chi connectivity index (χ1) is 14.2. The summed E-state index contributed by atoms with van der Waals surface area (Å²) < 4.78 is 5.50. The Morgan fingerprint density at radius 2 is 1.79 bits per heavy atom. The maximum absolute atomic E-state index is 13.2. The summed E-state index contributed by atoms with van der Waals surface area (Å²) in [5, 5.41) is 0.542. The number of thioether (sulfide) groups is 1. The van der Waals surface area contributed by atoms with Gasteiger partial charge in [0.2, 0.25) is 0 Å². The Kier molecular flexibility index (Phi) is 5.67. The van der Waals surface area contributed by atoms with Crippen LogP contribution in [0.4, 0.5) is 11.5 Å². The van der Waals surface area contributed by atoms with Crippen LogP contribution < -0.4 is 9.64 Å². The highest BCUT2D eigenvalue weighted by Crippen LogP contribution is 2.37. The number of amidine groups is 1. The van der Waals surface area contributed by atoms with Crippen LogP contribution in [0.1, 0.15) is 12.6 Å². The molecule has 1 aliphatic rings. The molecule has 0 spiro atoms. The Balaban J connectivity index is 1.73. The molecule has 1 amide bonds. The van der Waals surface area contributed by atoms with Crippen molar-refractivity contribution in [3.63, 3.8) is 0 Å². The van der Waals surface area contributed by atoms with Gasteiger partial charge in [-0.15, -0.1) is 0 Å². The number of carbonyl (C=O) groups excluding carboxylic acids is 1. The van der Waals surface area contributed by atoms with Crippen LogP contribution in [-0.2, 0) is 4.79 Å². The lowest BCUT2D eigenvalue weighted by Gasteiger charge is -2.16. The molecule has 7 heteroatoms. The average molecular weight is 402 g/mol. The van der Waals surface area contributed by atoms with E-state index in [2.05, 4.69) is 15.0 Å². The fraction of sp³-hybridized carbons (Fsp3) is 0.0909. The van der Waals surface area contributed by atoms with Crippen molar-refractivity contribution < 1.29 is 9.53 Å². The van der Waals surface area contributed by atoms with Crippen molar-refractivity contribution in [3.8, 4) is 5.75 Å². The van der Waals surface area contributed by atoms with Gasteiger partial charge in [-0.2, -0.15) is 0 Å². The molecular formula is C22H18N4O2S. The molecule has 29 heavy (non-hydrogen) atoms. The molecule has 4 rings (SSSR count). The Morgan fingerprint density at radius 3 is 2.45 bits per heavy atom. The highest BCUT2D eigenvalue weighted by Gasteiger charge is 2.35. The van der Waals surface area contributed by atoms with Gasteiger partial charge < -0.3 is 4.74 Å². The van der Waals surface area contributed by atoms with Gasteiger partial charge in [0.1, 0.15) is 5.75 Å². The van der Waals surface area contributed by atoms with Crippen LogP contribution in [0.15, 0.2) is 83.0 Å². The third kappa shape index (κ3) is 4.35. The van der Waals surface area contributed by atoms with E-state index in [9.17, 15) is 4.79 Å². The minimum atomic E-state index is -0.153. The summed E-state index contributed by atoms with van der Waals surface area (Å²) in [6.45, 7) is 2.52. The quantitative estimate of drug-likeness (QED) is 0.580. The minimum absolute atomic E-state index is 0.153. The first-order valence-electron chi connectivity index (χ1n) is 9.12.